The molecular weight excluding hydrogens is 662 g/mol. The van der Waals surface area contributed by atoms with E-state index in [4.69, 9.17) is 0 Å². The third kappa shape index (κ3) is 30.2. The Morgan fingerprint density at radius 3 is 1.27 bits per heavy atom. The fraction of sp³-hybridized carbons (Fsp3) is 0.833. The van der Waals surface area contributed by atoms with Crippen molar-refractivity contribution in [3.05, 3.63) is 0 Å². The quantitative estimate of drug-likeness (QED) is 0.101. The van der Waals surface area contributed by atoms with Crippen LogP contribution in [0.15, 0.2) is 0 Å². The van der Waals surface area contributed by atoms with Gasteiger partial charge in [0, 0.05) is 71.7 Å². The second-order valence-electron chi connectivity index (χ2n) is 12.8. The number of nitrogens with one attached hydrogen (secondary N) is 1. The second-order valence-corrected chi connectivity index (χ2v) is 12.8. The summed E-state index contributed by atoms with van der Waals surface area (Å²) in [5.41, 5.74) is 0. The van der Waals surface area contributed by atoms with E-state index in [1.807, 2.05) is 13.8 Å². The molecule has 1 saturated heterocycles. The van der Waals surface area contributed by atoms with Crippen LogP contribution in [-0.2, 0) is 28.8 Å². The van der Waals surface area contributed by atoms with Crippen molar-refractivity contribution in [2.75, 3.05) is 78.5 Å². The second kappa shape index (κ2) is 32.7. The lowest BCUT2D eigenvalue weighted by atomic mass is 10.1. The van der Waals surface area contributed by atoms with Crippen LogP contribution in [0.1, 0.15) is 112 Å². The van der Waals surface area contributed by atoms with Crippen LogP contribution in [0.2, 0.25) is 0 Å². The molecule has 1 rings (SSSR count). The largest absolute Gasteiger partial charge is 0.480 e. The van der Waals surface area contributed by atoms with Gasteiger partial charge >= 0.3 is 23.9 Å². The van der Waals surface area contributed by atoms with Gasteiger partial charge in [-0.1, -0.05) is 72.6 Å². The molecule has 51 heavy (non-hydrogen) atoms. The Hall–Kier alpha value is -3.14. The summed E-state index contributed by atoms with van der Waals surface area (Å²) >= 11 is 0. The number of hydrogen-bond acceptors (Lipinski definition) is 10. The zero-order valence-electron chi connectivity index (χ0n) is 32.1. The topological polar surface area (TPSA) is 208 Å². The first-order chi connectivity index (χ1) is 24.3. The lowest BCUT2D eigenvalue weighted by Crippen LogP contribution is -2.52. The van der Waals surface area contributed by atoms with E-state index in [9.17, 15) is 49.2 Å². The molecule has 0 saturated carbocycles. The minimum atomic E-state index is -1.12. The van der Waals surface area contributed by atoms with E-state index >= 15 is 0 Å². The Balaban J connectivity index is 0. The average Bonchev–Trinajstić information content (AvgIpc) is 3.04. The van der Waals surface area contributed by atoms with Crippen LogP contribution in [0.25, 0.3) is 0 Å². The van der Waals surface area contributed by atoms with Crippen LogP contribution >= 0.6 is 0 Å². The van der Waals surface area contributed by atoms with Crippen LogP contribution in [0, 0.1) is 0 Å². The molecule has 1 atom stereocenters. The molecule has 1 unspecified atom stereocenters. The number of rotatable bonds is 22. The van der Waals surface area contributed by atoms with Crippen molar-refractivity contribution in [3.8, 4) is 0 Å². The normalized spacial score (nSPS) is 15.8. The third-order valence-corrected chi connectivity index (χ3v) is 8.10. The number of carbonyl (C=O) groups is 6. The number of amides is 1. The summed E-state index contributed by atoms with van der Waals surface area (Å²) in [5.74, 6) is -4.32. The van der Waals surface area contributed by atoms with E-state index in [-0.39, 0.29) is 96.5 Å². The molecule has 298 valence electrons. The fourth-order valence-corrected chi connectivity index (χ4v) is 5.52. The van der Waals surface area contributed by atoms with Crippen molar-refractivity contribution in [2.24, 2.45) is 0 Å². The van der Waals surface area contributed by atoms with Crippen LogP contribution < -0.4 is 5.32 Å². The fourth-order valence-electron chi connectivity index (χ4n) is 5.52. The number of aliphatic carboxylic acids is 4. The van der Waals surface area contributed by atoms with Crippen molar-refractivity contribution in [1.82, 2.24) is 24.9 Å². The minimum Gasteiger partial charge on any atom is -0.480 e. The smallest absolute Gasteiger partial charge is 0.320 e. The lowest BCUT2D eigenvalue weighted by Gasteiger charge is -2.35. The van der Waals surface area contributed by atoms with Crippen molar-refractivity contribution in [2.45, 2.75) is 118 Å². The van der Waals surface area contributed by atoms with Gasteiger partial charge in [0.05, 0.1) is 19.6 Å². The number of unbranched alkanes of at least 4 members (excludes halogenated alkanes) is 7. The van der Waals surface area contributed by atoms with Gasteiger partial charge in [0.15, 0.2) is 0 Å². The Morgan fingerprint density at radius 1 is 0.569 bits per heavy atom. The van der Waals surface area contributed by atoms with Gasteiger partial charge in [-0.15, -0.1) is 0 Å². The number of carbonyl (C=O) groups excluding carboxylic acids is 2. The molecule has 0 aromatic rings. The SMILES string of the molecule is CC.CC(=O)CCCCCCCCCCNC(=O)CCC(C(=O)O)N1CCN(CC(=O)O)CCN(CC(=O)O)CCN(CC(=O)O)CC1.CCC. The number of nitrogens with zero attached hydrogens (tertiary/aromatic N) is 4. The highest BCUT2D eigenvalue weighted by Crippen LogP contribution is 2.12. The summed E-state index contributed by atoms with van der Waals surface area (Å²) < 4.78 is 0. The maximum atomic E-state index is 12.6. The Morgan fingerprint density at radius 2 is 0.922 bits per heavy atom. The zero-order valence-corrected chi connectivity index (χ0v) is 32.1. The predicted octanol–water partition coefficient (Wildman–Crippen LogP) is 3.35. The monoisotopic (exact) mass is 732 g/mol. The Bertz CT molecular complexity index is 952. The molecule has 1 fully saturated rings. The molecule has 1 amide bonds. The van der Waals surface area contributed by atoms with E-state index in [0.717, 1.165) is 51.4 Å². The molecule has 15 nitrogen and oxygen atoms in total. The van der Waals surface area contributed by atoms with Gasteiger partial charge in [-0.25, -0.2) is 0 Å². The van der Waals surface area contributed by atoms with Gasteiger partial charge in [0.1, 0.15) is 11.8 Å². The summed E-state index contributed by atoms with van der Waals surface area (Å²) in [6, 6.07) is -1.04. The van der Waals surface area contributed by atoms with Gasteiger partial charge in [0.25, 0.3) is 0 Å². The van der Waals surface area contributed by atoms with E-state index in [2.05, 4.69) is 19.2 Å². The van der Waals surface area contributed by atoms with Gasteiger partial charge < -0.3 is 30.5 Å². The molecule has 15 heteroatoms. The highest BCUT2D eigenvalue weighted by Gasteiger charge is 2.28. The molecule has 1 heterocycles. The van der Waals surface area contributed by atoms with E-state index < -0.39 is 29.9 Å². The van der Waals surface area contributed by atoms with Crippen molar-refractivity contribution in [1.29, 1.82) is 0 Å². The predicted molar refractivity (Wildman–Crippen MR) is 197 cm³/mol. The van der Waals surface area contributed by atoms with Crippen molar-refractivity contribution in [3.63, 3.8) is 0 Å². The molecule has 0 aromatic carbocycles. The van der Waals surface area contributed by atoms with Crippen molar-refractivity contribution < 1.29 is 49.2 Å². The van der Waals surface area contributed by atoms with Crippen LogP contribution in [0.3, 0.4) is 0 Å². The molecule has 0 bridgehead atoms. The molecule has 0 aromatic heterocycles. The molecule has 1 aliphatic rings. The molecule has 0 radical (unpaired) electrons. The molecule has 1 aliphatic heterocycles. The summed E-state index contributed by atoms with van der Waals surface area (Å²) in [6.07, 6.45) is 10.2. The highest BCUT2D eigenvalue weighted by atomic mass is 16.4. The van der Waals surface area contributed by atoms with E-state index in [1.165, 1.54) is 6.42 Å². The zero-order chi connectivity index (χ0) is 39.0. The Labute approximate surface area is 305 Å². The first-order valence-corrected chi connectivity index (χ1v) is 18.8. The summed E-state index contributed by atoms with van der Waals surface area (Å²) in [5, 5.41) is 41.1. The van der Waals surface area contributed by atoms with E-state index in [0.29, 0.717) is 13.0 Å². The van der Waals surface area contributed by atoms with Crippen LogP contribution in [0.4, 0.5) is 0 Å². The maximum Gasteiger partial charge on any atom is 0.320 e. The maximum absolute atomic E-state index is 12.6. The lowest BCUT2D eigenvalue weighted by molar-refractivity contribution is -0.145. The third-order valence-electron chi connectivity index (χ3n) is 8.10. The summed E-state index contributed by atoms with van der Waals surface area (Å²) in [6.45, 7) is 11.2. The van der Waals surface area contributed by atoms with Gasteiger partial charge in [-0.05, 0) is 26.2 Å². The minimum absolute atomic E-state index is 0.00441. The average molecular weight is 732 g/mol. The number of Topliss-reactive ketones (excluding diaryl/α,β-unsaturated/α-hetero) is 1. The number of carboxylic acids is 4. The number of carboxylic acid groups (broad SMARTS) is 4. The van der Waals surface area contributed by atoms with Gasteiger partial charge in [0.2, 0.25) is 5.91 Å². The van der Waals surface area contributed by atoms with E-state index in [1.54, 1.807) is 26.5 Å². The first kappa shape index (κ1) is 50.0. The summed E-state index contributed by atoms with van der Waals surface area (Å²) in [4.78, 5) is 76.8. The Kier molecular flexibility index (Phi) is 32.1. The van der Waals surface area contributed by atoms with Crippen molar-refractivity contribution >= 4 is 35.6 Å². The van der Waals surface area contributed by atoms with Crippen LogP contribution in [-0.4, -0.2) is 160 Å². The molecular formula is C36H69N5O10. The number of hydrogen-bond donors (Lipinski definition) is 5. The summed E-state index contributed by atoms with van der Waals surface area (Å²) in [7, 11) is 0. The molecule has 0 aliphatic carbocycles. The highest BCUT2D eigenvalue weighted by molar-refractivity contribution is 5.78. The molecule has 0 spiro atoms. The molecule has 5 N–H and O–H groups in total. The standard InChI is InChI=1S/C31H55N5O10.C3H8.C2H6/c1-25(37)10-8-6-4-2-3-5-7-9-13-32-27(38)12-11-26(31(45)46)36-20-18-34(23-29(41)42)16-14-33(22-28(39)40)15-17-35(19-21-36)24-30(43)44;1-3-2;1-2/h26H,2-24H2,1H3,(H,32,38)(H,39,40)(H,41,42)(H,43,44)(H,45,46);3H2,1-2H3;1-2H3. The number of ketones is 1. The van der Waals surface area contributed by atoms with Crippen LogP contribution in [0.5, 0.6) is 0 Å². The van der Waals surface area contributed by atoms with Gasteiger partial charge in [-0.3, -0.25) is 43.6 Å². The first-order valence-electron chi connectivity index (χ1n) is 18.8. The van der Waals surface area contributed by atoms with Gasteiger partial charge in [-0.2, -0.15) is 0 Å².